The minimum Gasteiger partial charge on any atom is -0.455 e. The van der Waals surface area contributed by atoms with Gasteiger partial charge in [-0.3, -0.25) is 0 Å². The minimum atomic E-state index is 0.339. The average molecular weight is 956 g/mol. The molecule has 0 fully saturated rings. The SMILES string of the molecule is N#Cc1cc(C#N)c(-n2c3ccccc3c3c4oc5ccccc5c4c(-c4ccccc4)cc32)c(-n2c3ccccc3c3ccccc32)c1-n1c2ccccc2c2c3oc4ccccc4c3c(-c3ccccc3)cc21. The maximum Gasteiger partial charge on any atom is 0.146 e. The van der Waals surface area contributed by atoms with Gasteiger partial charge in [-0.15, -0.1) is 0 Å². The van der Waals surface area contributed by atoms with Crippen molar-refractivity contribution in [3.05, 3.63) is 236 Å². The van der Waals surface area contributed by atoms with Gasteiger partial charge in [0.1, 0.15) is 34.5 Å². The Morgan fingerprint density at radius 2 is 0.627 bits per heavy atom. The fourth-order valence-electron chi connectivity index (χ4n) is 12.5. The van der Waals surface area contributed by atoms with Gasteiger partial charge in [-0.2, -0.15) is 10.5 Å². The summed E-state index contributed by atoms with van der Waals surface area (Å²) in [6, 6.07) is 82.7. The lowest BCUT2D eigenvalue weighted by molar-refractivity contribution is 0.672. The van der Waals surface area contributed by atoms with E-state index < -0.39 is 0 Å². The van der Waals surface area contributed by atoms with E-state index in [0.29, 0.717) is 28.2 Å². The van der Waals surface area contributed by atoms with Crippen molar-refractivity contribution in [2.75, 3.05) is 0 Å². The predicted octanol–water partition coefficient (Wildman–Crippen LogP) is 17.9. The molecule has 346 valence electrons. The number of hydrogen-bond acceptors (Lipinski definition) is 4. The number of nitriles is 2. The van der Waals surface area contributed by atoms with Gasteiger partial charge in [0.25, 0.3) is 0 Å². The number of rotatable bonds is 5. The Morgan fingerprint density at radius 3 is 1.04 bits per heavy atom. The molecule has 0 saturated carbocycles. The summed E-state index contributed by atoms with van der Waals surface area (Å²) in [5.74, 6) is 0. The zero-order chi connectivity index (χ0) is 49.5. The number of benzene rings is 11. The highest BCUT2D eigenvalue weighted by Gasteiger charge is 2.32. The van der Waals surface area contributed by atoms with Crippen LogP contribution >= 0.6 is 0 Å². The monoisotopic (exact) mass is 955 g/mol. The number of fused-ring (bicyclic) bond motifs is 17. The van der Waals surface area contributed by atoms with Crippen molar-refractivity contribution in [2.24, 2.45) is 0 Å². The van der Waals surface area contributed by atoms with Crippen molar-refractivity contribution >= 4 is 109 Å². The van der Waals surface area contributed by atoms with Crippen LogP contribution in [0.1, 0.15) is 11.1 Å². The van der Waals surface area contributed by atoms with E-state index in [1.54, 1.807) is 6.07 Å². The van der Waals surface area contributed by atoms with Crippen LogP contribution in [0.15, 0.2) is 233 Å². The molecular formula is C68H37N5O2. The third-order valence-electron chi connectivity index (χ3n) is 15.5. The van der Waals surface area contributed by atoms with Crippen molar-refractivity contribution in [3.63, 3.8) is 0 Å². The molecular weight excluding hydrogens is 919 g/mol. The van der Waals surface area contributed by atoms with Gasteiger partial charge in [0.15, 0.2) is 0 Å². The molecule has 7 nitrogen and oxygen atoms in total. The van der Waals surface area contributed by atoms with Gasteiger partial charge >= 0.3 is 0 Å². The molecule has 0 spiro atoms. The van der Waals surface area contributed by atoms with Crippen LogP contribution in [0, 0.1) is 22.7 Å². The van der Waals surface area contributed by atoms with Crippen LogP contribution in [0.2, 0.25) is 0 Å². The summed E-state index contributed by atoms with van der Waals surface area (Å²) in [6.07, 6.45) is 0. The highest BCUT2D eigenvalue weighted by molar-refractivity contribution is 6.30. The van der Waals surface area contributed by atoms with Crippen LogP contribution in [0.25, 0.3) is 149 Å². The molecule has 75 heavy (non-hydrogen) atoms. The highest BCUT2D eigenvalue weighted by Crippen LogP contribution is 2.51. The Bertz CT molecular complexity index is 4890. The molecule has 0 saturated heterocycles. The second-order valence-electron chi connectivity index (χ2n) is 19.3. The second kappa shape index (κ2) is 15.5. The number of hydrogen-bond donors (Lipinski definition) is 0. The van der Waals surface area contributed by atoms with Crippen molar-refractivity contribution in [1.82, 2.24) is 13.7 Å². The van der Waals surface area contributed by atoms with E-state index in [9.17, 15) is 10.5 Å². The van der Waals surface area contributed by atoms with Crippen molar-refractivity contribution in [2.45, 2.75) is 0 Å². The lowest BCUT2D eigenvalue weighted by Crippen LogP contribution is -2.13. The maximum atomic E-state index is 11.8. The van der Waals surface area contributed by atoms with Gasteiger partial charge in [-0.25, -0.2) is 0 Å². The summed E-state index contributed by atoms with van der Waals surface area (Å²) in [5.41, 5.74) is 15.1. The summed E-state index contributed by atoms with van der Waals surface area (Å²) in [7, 11) is 0. The fraction of sp³-hybridized carbons (Fsp3) is 0. The highest BCUT2D eigenvalue weighted by atomic mass is 16.3. The maximum absolute atomic E-state index is 11.8. The second-order valence-corrected chi connectivity index (χ2v) is 19.3. The minimum absolute atomic E-state index is 0.339. The Morgan fingerprint density at radius 1 is 0.293 bits per heavy atom. The average Bonchev–Trinajstić information content (AvgIpc) is 4.41. The molecule has 0 amide bonds. The Hall–Kier alpha value is -10.6. The van der Waals surface area contributed by atoms with Crippen LogP contribution in [-0.4, -0.2) is 13.7 Å². The van der Waals surface area contributed by atoms with Crippen molar-refractivity contribution < 1.29 is 8.83 Å². The van der Waals surface area contributed by atoms with Crippen LogP contribution in [0.5, 0.6) is 0 Å². The van der Waals surface area contributed by atoms with Crippen molar-refractivity contribution in [1.29, 1.82) is 10.5 Å². The van der Waals surface area contributed by atoms with E-state index in [0.717, 1.165) is 132 Å². The molecule has 0 bridgehead atoms. The summed E-state index contributed by atoms with van der Waals surface area (Å²) in [6.45, 7) is 0. The van der Waals surface area contributed by atoms with Crippen LogP contribution in [0.3, 0.4) is 0 Å². The van der Waals surface area contributed by atoms with E-state index in [-0.39, 0.29) is 0 Å². The largest absolute Gasteiger partial charge is 0.455 e. The summed E-state index contributed by atoms with van der Waals surface area (Å²) < 4.78 is 20.9. The Balaban J connectivity index is 1.17. The summed E-state index contributed by atoms with van der Waals surface area (Å²) in [4.78, 5) is 0. The number of furan rings is 2. The normalized spacial score (nSPS) is 12.0. The molecule has 7 heteroatoms. The quantitative estimate of drug-likeness (QED) is 0.172. The Labute approximate surface area is 427 Å². The Kier molecular flexibility index (Phi) is 8.46. The molecule has 0 unspecified atom stereocenters. The number of para-hydroxylation sites is 6. The van der Waals surface area contributed by atoms with Gasteiger partial charge in [0.2, 0.25) is 0 Å². The predicted molar refractivity (Wildman–Crippen MR) is 304 cm³/mol. The molecule has 0 atom stereocenters. The number of nitrogens with zero attached hydrogens (tertiary/aromatic N) is 5. The molecule has 5 aromatic heterocycles. The third-order valence-corrected chi connectivity index (χ3v) is 15.5. The van der Waals surface area contributed by atoms with Crippen molar-refractivity contribution in [3.8, 4) is 51.5 Å². The third kappa shape index (κ3) is 5.56. The first-order valence-electron chi connectivity index (χ1n) is 25.0. The molecule has 11 aromatic carbocycles. The van der Waals surface area contributed by atoms with Gasteiger partial charge in [0.05, 0.1) is 72.1 Å². The molecule has 0 radical (unpaired) electrons. The van der Waals surface area contributed by atoms with E-state index in [1.807, 2.05) is 36.4 Å². The summed E-state index contributed by atoms with van der Waals surface area (Å²) in [5, 5.41) is 33.6. The smallest absolute Gasteiger partial charge is 0.146 e. The molecule has 0 aliphatic heterocycles. The first kappa shape index (κ1) is 41.1. The molecule has 16 rings (SSSR count). The number of aromatic nitrogens is 3. The zero-order valence-electron chi connectivity index (χ0n) is 39.9. The molecule has 0 aliphatic rings. The van der Waals surface area contributed by atoms with Gasteiger partial charge in [0, 0.05) is 43.1 Å². The topological polar surface area (TPSA) is 88.7 Å². The molecule has 16 aromatic rings. The van der Waals surface area contributed by atoms with Crippen LogP contribution in [-0.2, 0) is 0 Å². The van der Waals surface area contributed by atoms with Gasteiger partial charge in [-0.05, 0) is 76.9 Å². The zero-order valence-corrected chi connectivity index (χ0v) is 39.9. The standard InChI is InChI=1S/C68H37N5O2/c69-38-42-35-43(39-70)65(73-55-32-16-10-26-47(55)63-57(73)37-51(41-21-5-2-6-22-41)61-49-28-12-18-34-59(49)75-68(61)63)66(71-52-29-13-7-23-44(52)45-24-8-14-30-53(45)71)64(42)72-54-31-15-9-25-46(54)62-56(72)36-50(40-19-3-1-4-20-40)60-48-27-11-17-33-58(48)74-67(60)62/h1-37H. The first-order valence-corrected chi connectivity index (χ1v) is 25.0. The van der Waals surface area contributed by atoms with Crippen LogP contribution in [0.4, 0.5) is 0 Å². The molecule has 0 aliphatic carbocycles. The molecule has 0 N–H and O–H groups in total. The van der Waals surface area contributed by atoms with E-state index in [2.05, 4.69) is 208 Å². The van der Waals surface area contributed by atoms with Crippen LogP contribution < -0.4 is 0 Å². The van der Waals surface area contributed by atoms with Gasteiger partial charge < -0.3 is 22.5 Å². The van der Waals surface area contributed by atoms with E-state index in [1.165, 1.54) is 0 Å². The van der Waals surface area contributed by atoms with E-state index >= 15 is 0 Å². The lowest BCUT2D eigenvalue weighted by atomic mass is 9.96. The van der Waals surface area contributed by atoms with E-state index in [4.69, 9.17) is 8.83 Å². The lowest BCUT2D eigenvalue weighted by Gasteiger charge is -2.24. The van der Waals surface area contributed by atoms with Gasteiger partial charge in [-0.1, -0.05) is 170 Å². The molecule has 5 heterocycles. The first-order chi connectivity index (χ1) is 37.2. The summed E-state index contributed by atoms with van der Waals surface area (Å²) >= 11 is 0. The fourth-order valence-corrected chi connectivity index (χ4v) is 12.5.